The maximum Gasteiger partial charge on any atom is 0.244 e. The molecule has 0 aliphatic carbocycles. The number of amidine groups is 1. The van der Waals surface area contributed by atoms with Crippen molar-refractivity contribution < 1.29 is 4.79 Å². The molecule has 21 heavy (non-hydrogen) atoms. The van der Waals surface area contributed by atoms with Crippen molar-refractivity contribution in [3.05, 3.63) is 53.7 Å². The Morgan fingerprint density at radius 2 is 2.10 bits per heavy atom. The van der Waals surface area contributed by atoms with Crippen LogP contribution >= 0.6 is 11.8 Å². The number of aryl methyl sites for hydroxylation is 2. The Morgan fingerprint density at radius 1 is 1.24 bits per heavy atom. The molecule has 0 atom stereocenters. The molecule has 106 valence electrons. The number of nitrogens with zero attached hydrogens (tertiary/aromatic N) is 3. The molecule has 1 saturated heterocycles. The van der Waals surface area contributed by atoms with Gasteiger partial charge in [0.25, 0.3) is 0 Å². The number of anilines is 1. The number of benzene rings is 1. The Morgan fingerprint density at radius 3 is 2.81 bits per heavy atom. The molecular formula is C16H15N3OS. The third kappa shape index (κ3) is 2.83. The van der Waals surface area contributed by atoms with Crippen LogP contribution in [0.15, 0.2) is 47.6 Å². The van der Waals surface area contributed by atoms with Gasteiger partial charge >= 0.3 is 0 Å². The Hall–Kier alpha value is -2.14. The molecular weight excluding hydrogens is 282 g/mol. The van der Waals surface area contributed by atoms with Crippen molar-refractivity contribution in [2.75, 3.05) is 10.7 Å². The maximum absolute atomic E-state index is 12.1. The maximum atomic E-state index is 12.1. The Kier molecular flexibility index (Phi) is 3.75. The molecule has 0 saturated carbocycles. The van der Waals surface area contributed by atoms with Gasteiger partial charge in [-0.2, -0.15) is 0 Å². The number of aliphatic imine (C=N–C) groups is 1. The second-order valence-electron chi connectivity index (χ2n) is 4.89. The summed E-state index contributed by atoms with van der Waals surface area (Å²) in [7, 11) is 0. The van der Waals surface area contributed by atoms with Gasteiger partial charge in [-0.3, -0.25) is 4.79 Å². The fourth-order valence-electron chi connectivity index (χ4n) is 2.19. The van der Waals surface area contributed by atoms with E-state index in [0.29, 0.717) is 16.7 Å². The molecule has 0 N–H and O–H groups in total. The summed E-state index contributed by atoms with van der Waals surface area (Å²) in [5.74, 6) is 1.04. The molecule has 1 fully saturated rings. The minimum atomic E-state index is 0.0159. The summed E-state index contributed by atoms with van der Waals surface area (Å²) in [6, 6.07) is 11.6. The van der Waals surface area contributed by atoms with E-state index in [-0.39, 0.29) is 5.91 Å². The highest BCUT2D eigenvalue weighted by molar-refractivity contribution is 8.15. The molecule has 2 aromatic rings. The van der Waals surface area contributed by atoms with Crippen molar-refractivity contribution in [3.8, 4) is 0 Å². The molecule has 0 spiro atoms. The van der Waals surface area contributed by atoms with Gasteiger partial charge < -0.3 is 0 Å². The number of pyridine rings is 1. The number of carbonyl (C=O) groups excluding carboxylic acids is 1. The second-order valence-corrected chi connectivity index (χ2v) is 5.83. The molecule has 1 amide bonds. The number of rotatable bonds is 2. The normalized spacial score (nSPS) is 16.8. The van der Waals surface area contributed by atoms with Crippen molar-refractivity contribution in [2.24, 2.45) is 4.99 Å². The van der Waals surface area contributed by atoms with Crippen molar-refractivity contribution in [2.45, 2.75) is 13.8 Å². The van der Waals surface area contributed by atoms with Crippen LogP contribution in [0.3, 0.4) is 0 Å². The molecule has 3 rings (SSSR count). The lowest BCUT2D eigenvalue weighted by Crippen LogP contribution is -2.29. The van der Waals surface area contributed by atoms with Crippen molar-refractivity contribution >= 4 is 34.3 Å². The quantitative estimate of drug-likeness (QED) is 0.852. The zero-order valence-electron chi connectivity index (χ0n) is 11.9. The van der Waals surface area contributed by atoms with Crippen LogP contribution in [-0.2, 0) is 4.79 Å². The third-order valence-corrected chi connectivity index (χ3v) is 4.14. The standard InChI is InChI=1S/C16H15N3OS/c1-11-6-7-13(12(2)9-11)18-16-19(15(20)10-21-16)14-5-3-4-8-17-14/h3-9H,10H2,1-2H3. The number of hydrogen-bond acceptors (Lipinski definition) is 4. The number of carbonyl (C=O) groups is 1. The van der Waals surface area contributed by atoms with E-state index in [0.717, 1.165) is 11.3 Å². The average Bonchev–Trinajstić information content (AvgIpc) is 2.84. The molecule has 1 aromatic carbocycles. The van der Waals surface area contributed by atoms with Crippen LogP contribution in [0.5, 0.6) is 0 Å². The summed E-state index contributed by atoms with van der Waals surface area (Å²) in [5, 5.41) is 0.686. The molecule has 4 nitrogen and oxygen atoms in total. The SMILES string of the molecule is Cc1ccc(N=C2SCC(=O)N2c2ccccn2)c(C)c1. The zero-order chi connectivity index (χ0) is 14.8. The lowest BCUT2D eigenvalue weighted by Gasteiger charge is -2.14. The highest BCUT2D eigenvalue weighted by atomic mass is 32.2. The Labute approximate surface area is 127 Å². The molecule has 5 heteroatoms. The minimum Gasteiger partial charge on any atom is -0.273 e. The highest BCUT2D eigenvalue weighted by Gasteiger charge is 2.30. The van der Waals surface area contributed by atoms with Crippen LogP contribution in [0.4, 0.5) is 11.5 Å². The monoisotopic (exact) mass is 297 g/mol. The van der Waals surface area contributed by atoms with Crippen molar-refractivity contribution in [3.63, 3.8) is 0 Å². The Balaban J connectivity index is 2.00. The number of amides is 1. The topological polar surface area (TPSA) is 45.6 Å². The summed E-state index contributed by atoms with van der Waals surface area (Å²) in [6.45, 7) is 4.08. The first-order chi connectivity index (χ1) is 10.1. The number of aromatic nitrogens is 1. The van der Waals surface area contributed by atoms with Crippen molar-refractivity contribution in [1.82, 2.24) is 4.98 Å². The van der Waals surface area contributed by atoms with Crippen LogP contribution in [0.25, 0.3) is 0 Å². The van der Waals surface area contributed by atoms with Gasteiger partial charge in [0.15, 0.2) is 5.17 Å². The molecule has 0 radical (unpaired) electrons. The van der Waals surface area contributed by atoms with E-state index in [1.54, 1.807) is 11.1 Å². The molecule has 0 unspecified atom stereocenters. The van der Waals surface area contributed by atoms with Gasteiger partial charge in [-0.15, -0.1) is 0 Å². The van der Waals surface area contributed by atoms with Gasteiger partial charge in [0.1, 0.15) is 5.82 Å². The van der Waals surface area contributed by atoms with Crippen LogP contribution in [0.1, 0.15) is 11.1 Å². The minimum absolute atomic E-state index is 0.0159. The summed E-state index contributed by atoms with van der Waals surface area (Å²) in [4.78, 5) is 22.6. The first-order valence-corrected chi connectivity index (χ1v) is 7.66. The van der Waals surface area contributed by atoms with Crippen LogP contribution in [0, 0.1) is 13.8 Å². The molecule has 1 aliphatic heterocycles. The van der Waals surface area contributed by atoms with Gasteiger partial charge in [-0.1, -0.05) is 35.5 Å². The number of thioether (sulfide) groups is 1. The van der Waals surface area contributed by atoms with E-state index in [4.69, 9.17) is 0 Å². The molecule has 0 bridgehead atoms. The zero-order valence-corrected chi connectivity index (χ0v) is 12.7. The summed E-state index contributed by atoms with van der Waals surface area (Å²) < 4.78 is 0. The molecule has 1 aromatic heterocycles. The largest absolute Gasteiger partial charge is 0.273 e. The lowest BCUT2D eigenvalue weighted by atomic mass is 10.1. The van der Waals surface area contributed by atoms with E-state index >= 15 is 0 Å². The van der Waals surface area contributed by atoms with Gasteiger partial charge in [0.2, 0.25) is 5.91 Å². The number of hydrogen-bond donors (Lipinski definition) is 0. The molecule has 2 heterocycles. The van der Waals surface area contributed by atoms with E-state index in [1.807, 2.05) is 37.3 Å². The van der Waals surface area contributed by atoms with Crippen LogP contribution < -0.4 is 4.90 Å². The summed E-state index contributed by atoms with van der Waals surface area (Å²) >= 11 is 1.45. The third-order valence-electron chi connectivity index (χ3n) is 3.21. The highest BCUT2D eigenvalue weighted by Crippen LogP contribution is 2.29. The van der Waals surface area contributed by atoms with E-state index in [1.165, 1.54) is 17.3 Å². The second kappa shape index (κ2) is 5.69. The van der Waals surface area contributed by atoms with Gasteiger partial charge in [0.05, 0.1) is 11.4 Å². The van der Waals surface area contributed by atoms with Crippen LogP contribution in [-0.4, -0.2) is 21.8 Å². The Bertz CT molecular complexity index is 713. The van der Waals surface area contributed by atoms with Gasteiger partial charge in [-0.25, -0.2) is 14.9 Å². The predicted octanol–water partition coefficient (Wildman–Crippen LogP) is 3.47. The predicted molar refractivity (Wildman–Crippen MR) is 87.2 cm³/mol. The first kappa shape index (κ1) is 13.8. The lowest BCUT2D eigenvalue weighted by molar-refractivity contribution is -0.115. The molecule has 1 aliphatic rings. The van der Waals surface area contributed by atoms with E-state index < -0.39 is 0 Å². The summed E-state index contributed by atoms with van der Waals surface area (Å²) in [6.07, 6.45) is 1.68. The fourth-order valence-corrected chi connectivity index (χ4v) is 3.06. The smallest absolute Gasteiger partial charge is 0.244 e. The van der Waals surface area contributed by atoms with E-state index in [9.17, 15) is 4.79 Å². The van der Waals surface area contributed by atoms with Gasteiger partial charge in [0, 0.05) is 6.20 Å². The average molecular weight is 297 g/mol. The van der Waals surface area contributed by atoms with Crippen LogP contribution in [0.2, 0.25) is 0 Å². The van der Waals surface area contributed by atoms with E-state index in [2.05, 4.69) is 23.0 Å². The van der Waals surface area contributed by atoms with Gasteiger partial charge in [-0.05, 0) is 37.6 Å². The summed E-state index contributed by atoms with van der Waals surface area (Å²) in [5.41, 5.74) is 3.19. The fraction of sp³-hybridized carbons (Fsp3) is 0.188. The first-order valence-electron chi connectivity index (χ1n) is 6.68. The van der Waals surface area contributed by atoms with Crippen molar-refractivity contribution in [1.29, 1.82) is 0 Å².